The summed E-state index contributed by atoms with van der Waals surface area (Å²) >= 11 is 0. The van der Waals surface area contributed by atoms with E-state index in [1.807, 2.05) is 21.1 Å². The number of rotatable bonds is 55. The molecule has 0 aliphatic heterocycles. The Bertz CT molecular complexity index is 1400. The third-order valence-electron chi connectivity index (χ3n) is 13.1. The van der Waals surface area contributed by atoms with Crippen LogP contribution in [-0.2, 0) is 32.7 Å². The third kappa shape index (κ3) is 57.0. The largest absolute Gasteiger partial charge is 0.472 e. The van der Waals surface area contributed by atoms with Gasteiger partial charge >= 0.3 is 19.8 Å². The number of phosphoric acid groups is 1. The summed E-state index contributed by atoms with van der Waals surface area (Å²) in [6.07, 6.45) is 68.6. The molecule has 1 N–H and O–H groups in total. The van der Waals surface area contributed by atoms with Crippen molar-refractivity contribution in [2.45, 2.75) is 277 Å². The van der Waals surface area contributed by atoms with Gasteiger partial charge in [-0.3, -0.25) is 18.6 Å². The number of carbonyl (C=O) groups is 2. The summed E-state index contributed by atoms with van der Waals surface area (Å²) in [7, 11) is 1.48. The van der Waals surface area contributed by atoms with Crippen LogP contribution in [0.2, 0.25) is 0 Å². The van der Waals surface area contributed by atoms with Gasteiger partial charge in [0.05, 0.1) is 27.7 Å². The first kappa shape index (κ1) is 69.7. The highest BCUT2D eigenvalue weighted by molar-refractivity contribution is 7.47. The number of nitrogens with zero attached hydrogens (tertiary/aromatic N) is 1. The van der Waals surface area contributed by atoms with Crippen LogP contribution in [-0.4, -0.2) is 74.9 Å². The van der Waals surface area contributed by atoms with Gasteiger partial charge in [-0.2, -0.15) is 0 Å². The summed E-state index contributed by atoms with van der Waals surface area (Å²) in [5, 5.41) is 0. The van der Waals surface area contributed by atoms with E-state index in [9.17, 15) is 19.0 Å². The summed E-state index contributed by atoms with van der Waals surface area (Å²) in [5.41, 5.74) is 0. The first-order chi connectivity index (χ1) is 35.0. The average molecular weight is 1030 g/mol. The van der Waals surface area contributed by atoms with Crippen molar-refractivity contribution in [3.63, 3.8) is 0 Å². The van der Waals surface area contributed by atoms with Crippen molar-refractivity contribution in [1.82, 2.24) is 0 Å². The topological polar surface area (TPSA) is 108 Å². The monoisotopic (exact) mass is 1030 g/mol. The molecule has 0 aliphatic rings. The molecule has 0 saturated carbocycles. The second kappa shape index (κ2) is 53.5. The maximum atomic E-state index is 12.8. The highest BCUT2D eigenvalue weighted by atomic mass is 31.2. The van der Waals surface area contributed by atoms with Gasteiger partial charge in [-0.25, -0.2) is 4.57 Å². The van der Waals surface area contributed by atoms with Crippen LogP contribution in [0, 0.1) is 0 Å². The number of carbonyl (C=O) groups excluding carboxylic acids is 2. The van der Waals surface area contributed by atoms with Gasteiger partial charge in [0, 0.05) is 12.8 Å². The molecule has 72 heavy (non-hydrogen) atoms. The van der Waals surface area contributed by atoms with Crippen molar-refractivity contribution >= 4 is 19.8 Å². The number of ether oxygens (including phenoxy) is 2. The molecule has 2 unspecified atom stereocenters. The number of quaternary nitrogens is 1. The van der Waals surface area contributed by atoms with Crippen LogP contribution in [0.4, 0.5) is 0 Å². The molecule has 2 atom stereocenters. The summed E-state index contributed by atoms with van der Waals surface area (Å²) in [6, 6.07) is 0. The van der Waals surface area contributed by atoms with Gasteiger partial charge in [0.2, 0.25) is 0 Å². The van der Waals surface area contributed by atoms with E-state index in [2.05, 4.69) is 74.6 Å². The van der Waals surface area contributed by atoms with E-state index in [4.69, 9.17) is 18.5 Å². The summed E-state index contributed by atoms with van der Waals surface area (Å²) < 4.78 is 34.6. The number of likely N-dealkylation sites (N-methyl/N-ethyl adjacent to an activating group) is 1. The fourth-order valence-electron chi connectivity index (χ4n) is 8.46. The first-order valence-electron chi connectivity index (χ1n) is 30.0. The van der Waals surface area contributed by atoms with Gasteiger partial charge < -0.3 is 18.9 Å². The van der Waals surface area contributed by atoms with Gasteiger partial charge in [-0.05, 0) is 57.8 Å². The average Bonchev–Trinajstić information content (AvgIpc) is 3.34. The summed E-state index contributed by atoms with van der Waals surface area (Å²) in [6.45, 7) is 4.35. The lowest BCUT2D eigenvalue weighted by Crippen LogP contribution is -2.37. The normalized spacial score (nSPS) is 13.7. The van der Waals surface area contributed by atoms with E-state index in [0.29, 0.717) is 23.9 Å². The molecular weight excluding hydrogens is 918 g/mol. The molecule has 0 radical (unpaired) electrons. The molecule has 9 nitrogen and oxygen atoms in total. The zero-order chi connectivity index (χ0) is 52.7. The minimum absolute atomic E-state index is 0.0299. The van der Waals surface area contributed by atoms with Gasteiger partial charge in [0.25, 0.3) is 0 Å². The second-order valence-corrected chi connectivity index (χ2v) is 22.8. The molecule has 0 aliphatic carbocycles. The predicted molar refractivity (Wildman–Crippen MR) is 307 cm³/mol. The third-order valence-corrected chi connectivity index (χ3v) is 14.0. The van der Waals surface area contributed by atoms with Gasteiger partial charge in [-0.15, -0.1) is 0 Å². The Balaban J connectivity index is 4.15. The van der Waals surface area contributed by atoms with E-state index in [1.165, 1.54) is 161 Å². The van der Waals surface area contributed by atoms with Crippen LogP contribution in [0.3, 0.4) is 0 Å². The lowest BCUT2D eigenvalue weighted by atomic mass is 10.0. The zero-order valence-electron chi connectivity index (χ0n) is 47.7. The van der Waals surface area contributed by atoms with Crippen molar-refractivity contribution < 1.29 is 42.1 Å². The number of esters is 2. The smallest absolute Gasteiger partial charge is 0.462 e. The molecule has 0 saturated heterocycles. The first-order valence-corrected chi connectivity index (χ1v) is 31.5. The Hall–Kier alpha value is -2.29. The Morgan fingerprint density at radius 2 is 0.792 bits per heavy atom. The molecule has 10 heteroatoms. The lowest BCUT2D eigenvalue weighted by Gasteiger charge is -2.24. The SMILES string of the molecule is CC/C=C\C/C=C\C/C=C\C/C=C\C/C=C\CCCCCCCCCCCC(=O)OC(COC(=O)CCCCCCCCCCCCCCCCCCCCCCCCC)COP(=O)(O)OCC[N+](C)(C)C. The van der Waals surface area contributed by atoms with Crippen LogP contribution in [0.5, 0.6) is 0 Å². The van der Waals surface area contributed by atoms with Crippen LogP contribution in [0.15, 0.2) is 60.8 Å². The van der Waals surface area contributed by atoms with Crippen molar-refractivity contribution in [2.24, 2.45) is 0 Å². The van der Waals surface area contributed by atoms with Crippen molar-refractivity contribution in [3.05, 3.63) is 60.8 Å². The Morgan fingerprint density at radius 1 is 0.444 bits per heavy atom. The van der Waals surface area contributed by atoms with Crippen molar-refractivity contribution in [2.75, 3.05) is 47.5 Å². The van der Waals surface area contributed by atoms with E-state index in [1.54, 1.807) is 0 Å². The quantitative estimate of drug-likeness (QED) is 0.0211. The van der Waals surface area contributed by atoms with Crippen molar-refractivity contribution in [3.8, 4) is 0 Å². The van der Waals surface area contributed by atoms with E-state index < -0.39 is 26.5 Å². The molecule has 0 fully saturated rings. The minimum atomic E-state index is -4.39. The number of unbranched alkanes of at least 4 members (excludes halogenated alkanes) is 31. The standard InChI is InChI=1S/C62H114NO8P/c1-6-8-10-12-14-16-18-20-22-24-26-28-30-31-33-35-37-39-41-43-45-47-49-51-53-55-62(65)71-60(59-70-72(66,67)69-57-56-63(3,4)5)58-68-61(64)54-52-50-48-46-44-42-40-38-36-34-32-29-27-25-23-21-19-17-15-13-11-9-7-2/h8,10,14,16,20,22,26,28,31,33,60H,6-7,9,11-13,15,17-19,21,23-25,27,29-30,32,34-59H2,1-5H3/p+1/b10-8-,16-14-,22-20-,28-26-,33-31-. The van der Waals surface area contributed by atoms with E-state index in [0.717, 1.165) is 77.0 Å². The van der Waals surface area contributed by atoms with Crippen LogP contribution >= 0.6 is 7.82 Å². The highest BCUT2D eigenvalue weighted by Gasteiger charge is 2.27. The summed E-state index contributed by atoms with van der Waals surface area (Å²) in [4.78, 5) is 35.7. The maximum Gasteiger partial charge on any atom is 0.472 e. The second-order valence-electron chi connectivity index (χ2n) is 21.4. The Kier molecular flexibility index (Phi) is 51.8. The Morgan fingerprint density at radius 3 is 1.18 bits per heavy atom. The molecule has 0 aromatic rings. The van der Waals surface area contributed by atoms with Gasteiger partial charge in [0.1, 0.15) is 19.8 Å². The molecular formula is C62H115NO8P+. The fraction of sp³-hybridized carbons (Fsp3) is 0.806. The Labute approximate surface area is 445 Å². The summed E-state index contributed by atoms with van der Waals surface area (Å²) in [5.74, 6) is -0.794. The predicted octanol–water partition coefficient (Wildman–Crippen LogP) is 18.7. The van der Waals surface area contributed by atoms with Crippen LogP contribution in [0.25, 0.3) is 0 Å². The molecule has 0 amide bonds. The molecule has 420 valence electrons. The number of allylic oxidation sites excluding steroid dienone is 10. The molecule has 0 aromatic carbocycles. The number of phosphoric ester groups is 1. The van der Waals surface area contributed by atoms with Crippen LogP contribution in [0.1, 0.15) is 271 Å². The highest BCUT2D eigenvalue weighted by Crippen LogP contribution is 2.43. The van der Waals surface area contributed by atoms with Crippen LogP contribution < -0.4 is 0 Å². The van der Waals surface area contributed by atoms with E-state index in [-0.39, 0.29) is 25.6 Å². The molecule has 0 aromatic heterocycles. The zero-order valence-corrected chi connectivity index (χ0v) is 48.6. The number of hydrogen-bond acceptors (Lipinski definition) is 7. The fourth-order valence-corrected chi connectivity index (χ4v) is 9.20. The lowest BCUT2D eigenvalue weighted by molar-refractivity contribution is -0.870. The van der Waals surface area contributed by atoms with Crippen molar-refractivity contribution in [1.29, 1.82) is 0 Å². The molecule has 0 bridgehead atoms. The van der Waals surface area contributed by atoms with Gasteiger partial charge in [0.15, 0.2) is 6.10 Å². The van der Waals surface area contributed by atoms with E-state index >= 15 is 0 Å². The molecule has 0 heterocycles. The number of hydrogen-bond donors (Lipinski definition) is 1. The minimum Gasteiger partial charge on any atom is -0.462 e. The molecule has 0 rings (SSSR count). The molecule has 0 spiro atoms. The maximum absolute atomic E-state index is 12.8. The van der Waals surface area contributed by atoms with Gasteiger partial charge in [-0.1, -0.05) is 261 Å².